The molecule has 3 atom stereocenters. The first-order chi connectivity index (χ1) is 3.63. The Morgan fingerprint density at radius 3 is 2.12 bits per heavy atom. The Morgan fingerprint density at radius 2 is 2.12 bits per heavy atom. The van der Waals surface area contributed by atoms with Gasteiger partial charge in [0.1, 0.15) is 0 Å². The first-order valence-corrected chi connectivity index (χ1v) is 3.82. The van der Waals surface area contributed by atoms with E-state index in [1.54, 1.807) is 0 Å². The van der Waals surface area contributed by atoms with Crippen LogP contribution in [0, 0.1) is 11.3 Å². The summed E-state index contributed by atoms with van der Waals surface area (Å²) in [6, 6.07) is 0. The number of alkyl halides is 1. The number of hydrogen-bond donors (Lipinski definition) is 0. The quantitative estimate of drug-likeness (QED) is 0.424. The molecule has 1 fully saturated rings. The van der Waals surface area contributed by atoms with Gasteiger partial charge in [-0.25, -0.2) is 0 Å². The van der Waals surface area contributed by atoms with Gasteiger partial charge in [-0.1, -0.05) is 35.9 Å². The normalized spacial score (nSPS) is 53.4. The van der Waals surface area contributed by atoms with E-state index in [0.29, 0.717) is 10.2 Å². The van der Waals surface area contributed by atoms with E-state index in [2.05, 4.69) is 36.4 Å². The Bertz CT molecular complexity index is 110. The largest absolute Gasteiger partial charge is 0.102 e. The molecule has 1 rings (SSSR count). The summed E-state index contributed by atoms with van der Waals surface area (Å²) in [5.74, 6) is 0.778. The highest BCUT2D eigenvalue weighted by atomic mass is 79.9. The molecule has 1 saturated carbocycles. The third kappa shape index (κ3) is 0.572. The molecule has 46 valence electrons. The lowest BCUT2D eigenvalue weighted by Crippen LogP contribution is -1.89. The van der Waals surface area contributed by atoms with Crippen molar-refractivity contribution in [2.75, 3.05) is 0 Å². The predicted octanol–water partition coefficient (Wildman–Crippen LogP) is 2.59. The Hall–Kier alpha value is 0.220. The van der Waals surface area contributed by atoms with Gasteiger partial charge in [-0.15, -0.1) is 6.58 Å². The number of halogens is 1. The van der Waals surface area contributed by atoms with Crippen LogP contribution in [-0.4, -0.2) is 4.83 Å². The smallest absolute Gasteiger partial charge is 0.0271 e. The fourth-order valence-electron chi connectivity index (χ4n) is 0.988. The zero-order valence-corrected chi connectivity index (χ0v) is 6.90. The van der Waals surface area contributed by atoms with Gasteiger partial charge in [0.25, 0.3) is 0 Å². The van der Waals surface area contributed by atoms with E-state index in [9.17, 15) is 0 Å². The van der Waals surface area contributed by atoms with Gasteiger partial charge < -0.3 is 0 Å². The minimum atomic E-state index is 0.389. The molecule has 1 heteroatoms. The van der Waals surface area contributed by atoms with Crippen LogP contribution in [-0.2, 0) is 0 Å². The summed E-state index contributed by atoms with van der Waals surface area (Å²) in [6.07, 6.45) is 2.04. The molecule has 0 N–H and O–H groups in total. The summed E-state index contributed by atoms with van der Waals surface area (Å²) >= 11 is 3.56. The maximum absolute atomic E-state index is 3.77. The lowest BCUT2D eigenvalue weighted by Gasteiger charge is -1.96. The van der Waals surface area contributed by atoms with E-state index in [4.69, 9.17) is 0 Å². The second-order valence-electron chi connectivity index (χ2n) is 2.76. The zero-order chi connectivity index (χ0) is 6.36. The van der Waals surface area contributed by atoms with Crippen LogP contribution >= 0.6 is 15.9 Å². The fraction of sp³-hybridized carbons (Fsp3) is 0.714. The van der Waals surface area contributed by atoms with Gasteiger partial charge in [-0.3, -0.25) is 0 Å². The molecular formula is C7H11Br. The Balaban J connectivity index is 2.63. The molecule has 0 bridgehead atoms. The zero-order valence-electron chi connectivity index (χ0n) is 5.32. The van der Waals surface area contributed by atoms with Crippen molar-refractivity contribution in [3.8, 4) is 0 Å². The number of allylic oxidation sites excluding steroid dienone is 1. The predicted molar refractivity (Wildman–Crippen MR) is 40.2 cm³/mol. The van der Waals surface area contributed by atoms with Crippen LogP contribution in [0.15, 0.2) is 12.7 Å². The topological polar surface area (TPSA) is 0 Å². The van der Waals surface area contributed by atoms with Crippen molar-refractivity contribution in [2.45, 2.75) is 18.7 Å². The van der Waals surface area contributed by atoms with Gasteiger partial charge in [0, 0.05) is 10.2 Å². The van der Waals surface area contributed by atoms with Gasteiger partial charge in [-0.2, -0.15) is 0 Å². The Morgan fingerprint density at radius 1 is 1.75 bits per heavy atom. The average molecular weight is 175 g/mol. The molecular weight excluding hydrogens is 164 g/mol. The van der Waals surface area contributed by atoms with Crippen molar-refractivity contribution in [3.63, 3.8) is 0 Å². The van der Waals surface area contributed by atoms with Crippen molar-refractivity contribution >= 4 is 15.9 Å². The maximum Gasteiger partial charge on any atom is 0.0271 e. The Labute approximate surface area is 59.1 Å². The minimum absolute atomic E-state index is 0.389. The average Bonchev–Trinajstić information content (AvgIpc) is 2.22. The summed E-state index contributed by atoms with van der Waals surface area (Å²) in [5, 5.41) is 0. The molecule has 3 unspecified atom stereocenters. The van der Waals surface area contributed by atoms with Crippen LogP contribution in [0.4, 0.5) is 0 Å². The van der Waals surface area contributed by atoms with E-state index in [1.165, 1.54) is 0 Å². The lowest BCUT2D eigenvalue weighted by atomic mass is 10.1. The molecule has 0 saturated heterocycles. The molecule has 0 nitrogen and oxygen atoms in total. The highest BCUT2D eigenvalue weighted by Crippen LogP contribution is 2.57. The van der Waals surface area contributed by atoms with Gasteiger partial charge in [0.05, 0.1) is 0 Å². The van der Waals surface area contributed by atoms with E-state index >= 15 is 0 Å². The highest BCUT2D eigenvalue weighted by molar-refractivity contribution is 9.09. The molecule has 0 aromatic rings. The Kier molecular flexibility index (Phi) is 1.27. The number of hydrogen-bond acceptors (Lipinski definition) is 0. The standard InChI is InChI=1S/C7H11Br/c1-4-7(3)5(2)6(7)8/h4-6H,1H2,2-3H3. The highest BCUT2D eigenvalue weighted by Gasteiger charge is 2.54. The van der Waals surface area contributed by atoms with Crippen molar-refractivity contribution in [1.29, 1.82) is 0 Å². The van der Waals surface area contributed by atoms with Gasteiger partial charge in [-0.05, 0) is 5.92 Å². The fourth-order valence-corrected chi connectivity index (χ4v) is 2.01. The first-order valence-electron chi connectivity index (χ1n) is 2.90. The van der Waals surface area contributed by atoms with Crippen LogP contribution in [0.1, 0.15) is 13.8 Å². The van der Waals surface area contributed by atoms with E-state index in [0.717, 1.165) is 5.92 Å². The van der Waals surface area contributed by atoms with Crippen LogP contribution in [0.25, 0.3) is 0 Å². The van der Waals surface area contributed by atoms with E-state index in [1.807, 2.05) is 6.08 Å². The third-order valence-corrected chi connectivity index (χ3v) is 4.12. The minimum Gasteiger partial charge on any atom is -0.102 e. The summed E-state index contributed by atoms with van der Waals surface area (Å²) in [7, 11) is 0. The molecule has 0 spiro atoms. The first kappa shape index (κ1) is 6.34. The second kappa shape index (κ2) is 1.60. The molecule has 1 aliphatic carbocycles. The van der Waals surface area contributed by atoms with Gasteiger partial charge >= 0.3 is 0 Å². The third-order valence-electron chi connectivity index (χ3n) is 2.35. The molecule has 0 radical (unpaired) electrons. The van der Waals surface area contributed by atoms with Gasteiger partial charge in [0.15, 0.2) is 0 Å². The van der Waals surface area contributed by atoms with E-state index < -0.39 is 0 Å². The molecule has 0 amide bonds. The van der Waals surface area contributed by atoms with E-state index in [-0.39, 0.29) is 0 Å². The molecule has 0 aliphatic heterocycles. The maximum atomic E-state index is 3.77. The monoisotopic (exact) mass is 174 g/mol. The van der Waals surface area contributed by atoms with Gasteiger partial charge in [0.2, 0.25) is 0 Å². The summed E-state index contributed by atoms with van der Waals surface area (Å²) in [5.41, 5.74) is 0.389. The summed E-state index contributed by atoms with van der Waals surface area (Å²) in [4.78, 5) is 0.674. The van der Waals surface area contributed by atoms with Crippen molar-refractivity contribution < 1.29 is 0 Å². The van der Waals surface area contributed by atoms with Crippen LogP contribution in [0.2, 0.25) is 0 Å². The summed E-state index contributed by atoms with van der Waals surface area (Å²) in [6.45, 7) is 8.23. The van der Waals surface area contributed by atoms with Crippen molar-refractivity contribution in [1.82, 2.24) is 0 Å². The van der Waals surface area contributed by atoms with Crippen molar-refractivity contribution in [2.24, 2.45) is 11.3 Å². The summed E-state index contributed by atoms with van der Waals surface area (Å²) < 4.78 is 0. The molecule has 0 aromatic carbocycles. The molecule has 1 aliphatic rings. The van der Waals surface area contributed by atoms with Crippen LogP contribution in [0.3, 0.4) is 0 Å². The second-order valence-corrected chi connectivity index (χ2v) is 3.75. The van der Waals surface area contributed by atoms with Crippen LogP contribution in [0.5, 0.6) is 0 Å². The van der Waals surface area contributed by atoms with Crippen molar-refractivity contribution in [3.05, 3.63) is 12.7 Å². The number of rotatable bonds is 1. The molecule has 0 aromatic heterocycles. The molecule has 0 heterocycles. The SMILES string of the molecule is C=CC1(C)C(C)C1Br. The lowest BCUT2D eigenvalue weighted by molar-refractivity contribution is 0.667. The molecule has 8 heavy (non-hydrogen) atoms. The van der Waals surface area contributed by atoms with Crippen LogP contribution < -0.4 is 0 Å².